The maximum atomic E-state index is 12.5. The van der Waals surface area contributed by atoms with Crippen LogP contribution in [0.25, 0.3) is 0 Å². The number of benzene rings is 1. The van der Waals surface area contributed by atoms with E-state index in [1.807, 2.05) is 19.9 Å². The molecule has 2 nitrogen and oxygen atoms in total. The molecule has 0 fully saturated rings. The molecule has 0 spiro atoms. The van der Waals surface area contributed by atoms with Crippen molar-refractivity contribution in [2.45, 2.75) is 26.1 Å². The zero-order valence-corrected chi connectivity index (χ0v) is 12.1. The monoisotopic (exact) mass is 315 g/mol. The third-order valence-electron chi connectivity index (χ3n) is 3.02. The maximum absolute atomic E-state index is 12.5. The molecule has 1 aromatic heterocycles. The molecule has 0 saturated carbocycles. The Balaban J connectivity index is 2.42. The summed E-state index contributed by atoms with van der Waals surface area (Å²) in [6.45, 7) is 3.74. The minimum Gasteiger partial charge on any atom is -0.384 e. The number of rotatable bonds is 2. The molecule has 1 atom stereocenters. The lowest BCUT2D eigenvalue weighted by Gasteiger charge is -2.15. The first-order valence-corrected chi connectivity index (χ1v) is 6.56. The van der Waals surface area contributed by atoms with Gasteiger partial charge in [0.05, 0.1) is 0 Å². The van der Waals surface area contributed by atoms with Crippen LogP contribution < -0.4 is 0 Å². The van der Waals surface area contributed by atoms with Crippen molar-refractivity contribution < 1.29 is 18.3 Å². The Labute approximate surface area is 125 Å². The number of aliphatic hydroxyl groups excluding tert-OH is 1. The number of pyridine rings is 1. The van der Waals surface area contributed by atoms with E-state index in [9.17, 15) is 18.3 Å². The number of aliphatic hydroxyl groups is 1. The highest BCUT2D eigenvalue weighted by Gasteiger charge is 2.33. The van der Waals surface area contributed by atoms with Crippen LogP contribution in [0.15, 0.2) is 30.3 Å². The Hall–Kier alpha value is -1.59. The average molecular weight is 316 g/mol. The molecule has 6 heteroatoms. The van der Waals surface area contributed by atoms with Crippen molar-refractivity contribution in [3.63, 3.8) is 0 Å². The zero-order valence-electron chi connectivity index (χ0n) is 11.4. The Morgan fingerprint density at radius 3 is 2.14 bits per heavy atom. The topological polar surface area (TPSA) is 33.1 Å². The first kappa shape index (κ1) is 15.8. The summed E-state index contributed by atoms with van der Waals surface area (Å²) in [7, 11) is 0. The van der Waals surface area contributed by atoms with Crippen molar-refractivity contribution in [3.8, 4) is 0 Å². The molecule has 1 N–H and O–H groups in total. The summed E-state index contributed by atoms with van der Waals surface area (Å²) in [6.07, 6.45) is -5.68. The lowest BCUT2D eigenvalue weighted by atomic mass is 9.99. The van der Waals surface area contributed by atoms with Gasteiger partial charge in [-0.1, -0.05) is 47.0 Å². The van der Waals surface area contributed by atoms with E-state index in [0.717, 1.165) is 23.3 Å². The van der Waals surface area contributed by atoms with Gasteiger partial charge in [-0.2, -0.15) is 13.2 Å². The highest BCUT2D eigenvalue weighted by molar-refractivity contribution is 6.30. The molecule has 0 saturated heterocycles. The summed E-state index contributed by atoms with van der Waals surface area (Å²) < 4.78 is 37.6. The molecule has 2 rings (SSSR count). The number of aromatic nitrogens is 1. The van der Waals surface area contributed by atoms with Crippen LogP contribution in [-0.4, -0.2) is 10.1 Å². The number of aryl methyl sites for hydroxylation is 2. The maximum Gasteiger partial charge on any atom is 0.433 e. The van der Waals surface area contributed by atoms with E-state index in [-0.39, 0.29) is 10.7 Å². The smallest absolute Gasteiger partial charge is 0.384 e. The molecule has 1 heterocycles. The molecule has 0 aliphatic carbocycles. The van der Waals surface area contributed by atoms with Gasteiger partial charge in [-0.15, -0.1) is 0 Å². The number of nitrogens with zero attached hydrogens (tertiary/aromatic N) is 1. The molecule has 0 bridgehead atoms. The minimum atomic E-state index is -4.56. The van der Waals surface area contributed by atoms with Crippen molar-refractivity contribution in [1.82, 2.24) is 4.98 Å². The van der Waals surface area contributed by atoms with Gasteiger partial charge in [-0.3, -0.25) is 0 Å². The van der Waals surface area contributed by atoms with Gasteiger partial charge in [0.25, 0.3) is 0 Å². The quantitative estimate of drug-likeness (QED) is 0.830. The van der Waals surface area contributed by atoms with Gasteiger partial charge < -0.3 is 5.11 Å². The summed E-state index contributed by atoms with van der Waals surface area (Å²) in [4.78, 5) is 3.32. The molecule has 1 aromatic carbocycles. The van der Waals surface area contributed by atoms with E-state index in [1.54, 1.807) is 12.1 Å². The van der Waals surface area contributed by atoms with Crippen LogP contribution in [-0.2, 0) is 6.18 Å². The van der Waals surface area contributed by atoms with Crippen LogP contribution >= 0.6 is 11.6 Å². The largest absolute Gasteiger partial charge is 0.433 e. The third kappa shape index (κ3) is 3.54. The highest BCUT2D eigenvalue weighted by Crippen LogP contribution is 2.33. The number of halogens is 4. The molecule has 2 aromatic rings. The van der Waals surface area contributed by atoms with Gasteiger partial charge in [0, 0.05) is 5.56 Å². The fourth-order valence-electron chi connectivity index (χ4n) is 2.15. The van der Waals surface area contributed by atoms with Crippen molar-refractivity contribution in [2.75, 3.05) is 0 Å². The van der Waals surface area contributed by atoms with Gasteiger partial charge in [0.1, 0.15) is 17.0 Å². The van der Waals surface area contributed by atoms with Crippen molar-refractivity contribution >= 4 is 11.6 Å². The Morgan fingerprint density at radius 2 is 1.67 bits per heavy atom. The normalized spacial score (nSPS) is 13.3. The van der Waals surface area contributed by atoms with Gasteiger partial charge in [-0.05, 0) is 25.5 Å². The lowest BCUT2D eigenvalue weighted by Crippen LogP contribution is -2.10. The first-order valence-electron chi connectivity index (χ1n) is 6.18. The molecule has 112 valence electrons. The van der Waals surface area contributed by atoms with Crippen molar-refractivity contribution in [2.24, 2.45) is 0 Å². The minimum absolute atomic E-state index is 0.148. The van der Waals surface area contributed by atoms with Gasteiger partial charge >= 0.3 is 6.18 Å². The van der Waals surface area contributed by atoms with Crippen LogP contribution in [0.2, 0.25) is 5.15 Å². The zero-order chi connectivity index (χ0) is 15.8. The molecule has 0 aliphatic heterocycles. The average Bonchev–Trinajstić information content (AvgIpc) is 2.35. The Morgan fingerprint density at radius 1 is 1.10 bits per heavy atom. The predicted molar refractivity (Wildman–Crippen MR) is 74.2 cm³/mol. The van der Waals surface area contributed by atoms with Crippen LogP contribution in [0.3, 0.4) is 0 Å². The fourth-order valence-corrected chi connectivity index (χ4v) is 2.41. The molecular weight excluding hydrogens is 303 g/mol. The van der Waals surface area contributed by atoms with Gasteiger partial charge in [-0.25, -0.2) is 4.98 Å². The Kier molecular flexibility index (Phi) is 4.25. The second-order valence-corrected chi connectivity index (χ2v) is 5.26. The van der Waals surface area contributed by atoms with Crippen molar-refractivity contribution in [1.29, 1.82) is 0 Å². The molecule has 0 aliphatic rings. The number of hydrogen-bond acceptors (Lipinski definition) is 2. The lowest BCUT2D eigenvalue weighted by molar-refractivity contribution is -0.141. The van der Waals surface area contributed by atoms with Crippen LogP contribution in [0.5, 0.6) is 0 Å². The van der Waals surface area contributed by atoms with Gasteiger partial charge in [0.2, 0.25) is 0 Å². The SMILES string of the molecule is Cc1cc(C)cc(C(O)c2ccc(C(F)(F)F)nc2Cl)c1. The van der Waals surface area contributed by atoms with E-state index in [1.165, 1.54) is 0 Å². The summed E-state index contributed by atoms with van der Waals surface area (Å²) in [6, 6.07) is 7.41. The van der Waals surface area contributed by atoms with E-state index in [4.69, 9.17) is 11.6 Å². The third-order valence-corrected chi connectivity index (χ3v) is 3.33. The molecule has 1 unspecified atom stereocenters. The second kappa shape index (κ2) is 5.66. The standard InChI is InChI=1S/C15H13ClF3NO/c1-8-5-9(2)7-10(6-8)13(21)11-3-4-12(15(17,18)19)20-14(11)16/h3-7,13,21H,1-2H3. The molecule has 0 radical (unpaired) electrons. The van der Waals surface area contributed by atoms with E-state index in [2.05, 4.69) is 4.98 Å². The van der Waals surface area contributed by atoms with E-state index < -0.39 is 18.0 Å². The highest BCUT2D eigenvalue weighted by atomic mass is 35.5. The summed E-state index contributed by atoms with van der Waals surface area (Å²) >= 11 is 5.79. The number of alkyl halides is 3. The fraction of sp³-hybridized carbons (Fsp3) is 0.267. The summed E-state index contributed by atoms with van der Waals surface area (Å²) in [5, 5.41) is 9.96. The molecular formula is C15H13ClF3NO. The van der Waals surface area contributed by atoms with Crippen LogP contribution in [0.4, 0.5) is 13.2 Å². The Bertz CT molecular complexity index is 650. The summed E-state index contributed by atoms with van der Waals surface area (Å²) in [5.74, 6) is 0. The van der Waals surface area contributed by atoms with Crippen molar-refractivity contribution in [3.05, 3.63) is 63.4 Å². The van der Waals surface area contributed by atoms with E-state index >= 15 is 0 Å². The van der Waals surface area contributed by atoms with E-state index in [0.29, 0.717) is 5.56 Å². The summed E-state index contributed by atoms with van der Waals surface area (Å²) in [5.41, 5.74) is 1.52. The molecule has 21 heavy (non-hydrogen) atoms. The van der Waals surface area contributed by atoms with Crippen LogP contribution in [0, 0.1) is 13.8 Å². The predicted octanol–water partition coefficient (Wildman–Crippen LogP) is 4.45. The van der Waals surface area contributed by atoms with Gasteiger partial charge in [0.15, 0.2) is 0 Å². The molecule has 0 amide bonds. The first-order chi connectivity index (χ1) is 9.68. The second-order valence-electron chi connectivity index (χ2n) is 4.90. The van der Waals surface area contributed by atoms with Crippen LogP contribution in [0.1, 0.15) is 34.1 Å². The number of hydrogen-bond donors (Lipinski definition) is 1.